The number of anilines is 1. The first kappa shape index (κ1) is 21.0. The number of carbonyl (C=O) groups excluding carboxylic acids is 2. The number of para-hydroxylation sites is 1. The van der Waals surface area contributed by atoms with Gasteiger partial charge in [0.05, 0.1) is 5.92 Å². The van der Waals surface area contributed by atoms with Gasteiger partial charge in [0.25, 0.3) is 0 Å². The van der Waals surface area contributed by atoms with Crippen LogP contribution in [0.15, 0.2) is 54.6 Å². The van der Waals surface area contributed by atoms with Gasteiger partial charge < -0.3 is 15.5 Å². The van der Waals surface area contributed by atoms with Gasteiger partial charge in [-0.2, -0.15) is 0 Å². The van der Waals surface area contributed by atoms with Gasteiger partial charge in [-0.15, -0.1) is 0 Å². The fourth-order valence-electron chi connectivity index (χ4n) is 5.17. The molecule has 168 valence electrons. The minimum atomic E-state index is -0.161. The monoisotopic (exact) mass is 432 g/mol. The van der Waals surface area contributed by atoms with E-state index in [1.165, 1.54) is 18.4 Å². The van der Waals surface area contributed by atoms with Gasteiger partial charge in [-0.05, 0) is 42.9 Å². The molecule has 32 heavy (non-hydrogen) atoms. The van der Waals surface area contributed by atoms with E-state index in [9.17, 15) is 9.59 Å². The molecule has 6 nitrogen and oxygen atoms in total. The van der Waals surface area contributed by atoms with Gasteiger partial charge in [-0.25, -0.2) is 4.79 Å². The van der Waals surface area contributed by atoms with E-state index in [0.717, 1.165) is 37.4 Å². The second-order valence-electron chi connectivity index (χ2n) is 9.86. The number of nitrogens with one attached hydrogen (secondary N) is 2. The number of aryl methyl sites for hydroxylation is 1. The Hall–Kier alpha value is -2.86. The molecule has 5 rings (SSSR count). The molecule has 2 aromatic carbocycles. The normalized spacial score (nSPS) is 21.9. The number of urea groups is 1. The molecule has 1 aliphatic carbocycles. The lowest BCUT2D eigenvalue weighted by Gasteiger charge is -2.50. The number of benzene rings is 2. The summed E-state index contributed by atoms with van der Waals surface area (Å²) in [5.74, 6) is 0.744. The van der Waals surface area contributed by atoms with E-state index in [1.807, 2.05) is 42.2 Å². The van der Waals surface area contributed by atoms with E-state index in [-0.39, 0.29) is 23.3 Å². The summed E-state index contributed by atoms with van der Waals surface area (Å²) in [7, 11) is 0. The predicted molar refractivity (Wildman–Crippen MR) is 125 cm³/mol. The number of nitrogens with zero attached hydrogens (tertiary/aromatic N) is 2. The van der Waals surface area contributed by atoms with Crippen LogP contribution in [0.5, 0.6) is 0 Å². The average molecular weight is 433 g/mol. The molecule has 2 aliphatic heterocycles. The third kappa shape index (κ3) is 4.37. The number of likely N-dealkylation sites (tertiary alicyclic amines) is 2. The average Bonchev–Trinajstić information content (AvgIpc) is 3.52. The van der Waals surface area contributed by atoms with Crippen molar-refractivity contribution in [3.63, 3.8) is 0 Å². The van der Waals surface area contributed by atoms with Gasteiger partial charge in [0.15, 0.2) is 0 Å². The molecule has 2 heterocycles. The maximum absolute atomic E-state index is 13.1. The summed E-state index contributed by atoms with van der Waals surface area (Å²) in [6.07, 6.45) is 2.45. The fourth-order valence-corrected chi connectivity index (χ4v) is 5.17. The Morgan fingerprint density at radius 1 is 1.00 bits per heavy atom. The van der Waals surface area contributed by atoms with Crippen LogP contribution in [0.1, 0.15) is 24.0 Å². The van der Waals surface area contributed by atoms with Crippen LogP contribution in [-0.2, 0) is 11.3 Å². The van der Waals surface area contributed by atoms with Crippen molar-refractivity contribution in [3.05, 3.63) is 65.7 Å². The highest BCUT2D eigenvalue weighted by atomic mass is 16.2. The SMILES string of the molecule is Cc1ccccc1NC(=O)N1CC2(CN(Cc3ccccc3)CC2C(=O)NCC2CC2)C1. The Balaban J connectivity index is 1.26. The maximum Gasteiger partial charge on any atom is 0.321 e. The molecule has 3 fully saturated rings. The van der Waals surface area contributed by atoms with Crippen molar-refractivity contribution in [1.29, 1.82) is 0 Å². The van der Waals surface area contributed by atoms with Crippen molar-refractivity contribution in [2.75, 3.05) is 38.0 Å². The van der Waals surface area contributed by atoms with Gasteiger partial charge in [0.1, 0.15) is 0 Å². The Kier molecular flexibility index (Phi) is 5.64. The van der Waals surface area contributed by atoms with Crippen molar-refractivity contribution < 1.29 is 9.59 Å². The van der Waals surface area contributed by atoms with Gasteiger partial charge in [0.2, 0.25) is 5.91 Å². The summed E-state index contributed by atoms with van der Waals surface area (Å²) < 4.78 is 0. The number of hydrogen-bond donors (Lipinski definition) is 2. The molecule has 2 N–H and O–H groups in total. The fraction of sp³-hybridized carbons (Fsp3) is 0.462. The van der Waals surface area contributed by atoms with Crippen LogP contribution in [0, 0.1) is 24.2 Å². The molecular formula is C26H32N4O2. The summed E-state index contributed by atoms with van der Waals surface area (Å²) in [5, 5.41) is 6.24. The molecule has 0 radical (unpaired) electrons. The quantitative estimate of drug-likeness (QED) is 0.735. The van der Waals surface area contributed by atoms with Crippen LogP contribution in [-0.4, -0.2) is 54.5 Å². The van der Waals surface area contributed by atoms with Gasteiger partial charge in [-0.1, -0.05) is 48.5 Å². The van der Waals surface area contributed by atoms with Gasteiger partial charge in [-0.3, -0.25) is 9.69 Å². The first-order valence-electron chi connectivity index (χ1n) is 11.7. The highest BCUT2D eigenvalue weighted by Gasteiger charge is 2.57. The summed E-state index contributed by atoms with van der Waals surface area (Å²) in [6.45, 7) is 6.46. The number of carbonyl (C=O) groups is 2. The Labute approximate surface area is 190 Å². The topological polar surface area (TPSA) is 64.7 Å². The van der Waals surface area contributed by atoms with Crippen molar-refractivity contribution in [3.8, 4) is 0 Å². The van der Waals surface area contributed by atoms with Crippen molar-refractivity contribution in [2.24, 2.45) is 17.3 Å². The molecule has 1 spiro atoms. The Morgan fingerprint density at radius 3 is 2.44 bits per heavy atom. The van der Waals surface area contributed by atoms with Gasteiger partial charge in [0, 0.05) is 50.4 Å². The van der Waals surface area contributed by atoms with E-state index >= 15 is 0 Å². The summed E-state index contributed by atoms with van der Waals surface area (Å²) in [5.41, 5.74) is 2.98. The highest BCUT2D eigenvalue weighted by Crippen LogP contribution is 2.45. The first-order valence-corrected chi connectivity index (χ1v) is 11.7. The van der Waals surface area contributed by atoms with Crippen molar-refractivity contribution >= 4 is 17.6 Å². The maximum atomic E-state index is 13.1. The molecule has 1 unspecified atom stereocenters. The Bertz CT molecular complexity index is 982. The molecule has 6 heteroatoms. The number of amides is 3. The number of hydrogen-bond acceptors (Lipinski definition) is 3. The lowest BCUT2D eigenvalue weighted by molar-refractivity contribution is -0.131. The van der Waals surface area contributed by atoms with E-state index in [4.69, 9.17) is 0 Å². The second-order valence-corrected chi connectivity index (χ2v) is 9.86. The van der Waals surface area contributed by atoms with E-state index in [1.54, 1.807) is 0 Å². The smallest absolute Gasteiger partial charge is 0.321 e. The lowest BCUT2D eigenvalue weighted by Crippen LogP contribution is -2.64. The molecule has 3 amide bonds. The van der Waals surface area contributed by atoms with Gasteiger partial charge >= 0.3 is 6.03 Å². The summed E-state index contributed by atoms with van der Waals surface area (Å²) >= 11 is 0. The van der Waals surface area contributed by atoms with Crippen molar-refractivity contribution in [2.45, 2.75) is 26.3 Å². The largest absolute Gasteiger partial charge is 0.356 e. The third-order valence-electron chi connectivity index (χ3n) is 7.23. The van der Waals surface area contributed by atoms with Crippen LogP contribution < -0.4 is 10.6 Å². The van der Waals surface area contributed by atoms with Crippen LogP contribution >= 0.6 is 0 Å². The molecule has 3 aliphatic rings. The second kappa shape index (κ2) is 8.58. The molecule has 2 aromatic rings. The van der Waals surface area contributed by atoms with Crippen LogP contribution in [0.3, 0.4) is 0 Å². The standard InChI is InChI=1S/C26H32N4O2/c1-19-7-5-6-10-23(19)28-25(32)30-17-26(18-30)16-29(14-21-8-3-2-4-9-21)15-22(26)24(31)27-13-20-11-12-20/h2-10,20,22H,11-18H2,1H3,(H,27,31)(H,28,32). The van der Waals surface area contributed by atoms with Crippen LogP contribution in [0.2, 0.25) is 0 Å². The first-order chi connectivity index (χ1) is 15.5. The highest BCUT2D eigenvalue weighted by molar-refractivity contribution is 5.91. The lowest BCUT2D eigenvalue weighted by atomic mass is 9.71. The molecule has 0 aromatic heterocycles. The molecule has 1 atom stereocenters. The zero-order chi connectivity index (χ0) is 22.1. The molecule has 1 saturated carbocycles. The zero-order valence-electron chi connectivity index (χ0n) is 18.7. The van der Waals surface area contributed by atoms with E-state index in [0.29, 0.717) is 19.0 Å². The molecule has 0 bridgehead atoms. The van der Waals surface area contributed by atoms with E-state index in [2.05, 4.69) is 39.8 Å². The van der Waals surface area contributed by atoms with Crippen molar-refractivity contribution in [1.82, 2.24) is 15.1 Å². The number of rotatable bonds is 6. The van der Waals surface area contributed by atoms with Crippen LogP contribution in [0.25, 0.3) is 0 Å². The summed E-state index contributed by atoms with van der Waals surface area (Å²) in [4.78, 5) is 30.2. The predicted octanol–water partition coefficient (Wildman–Crippen LogP) is 3.49. The molecular weight excluding hydrogens is 400 g/mol. The zero-order valence-corrected chi connectivity index (χ0v) is 18.7. The molecule has 2 saturated heterocycles. The van der Waals surface area contributed by atoms with E-state index < -0.39 is 0 Å². The summed E-state index contributed by atoms with van der Waals surface area (Å²) in [6, 6.07) is 18.1. The third-order valence-corrected chi connectivity index (χ3v) is 7.23. The Morgan fingerprint density at radius 2 is 1.72 bits per heavy atom. The minimum Gasteiger partial charge on any atom is -0.356 e. The minimum absolute atomic E-state index is 0.0764. The van der Waals surface area contributed by atoms with Crippen LogP contribution in [0.4, 0.5) is 10.5 Å².